The SMILES string of the molecule is CNc1c(F)cc(C(F)(F)F)cc1-c1ccccc1. The molecule has 0 heterocycles. The molecule has 0 saturated heterocycles. The molecule has 2 rings (SSSR count). The van der Waals surface area contributed by atoms with Gasteiger partial charge in [0, 0.05) is 12.6 Å². The summed E-state index contributed by atoms with van der Waals surface area (Å²) in [5.74, 6) is -0.920. The Bertz CT molecular complexity index is 576. The predicted octanol–water partition coefficient (Wildman–Crippen LogP) is 4.55. The molecule has 0 fully saturated rings. The maximum atomic E-state index is 13.8. The summed E-state index contributed by atoms with van der Waals surface area (Å²) >= 11 is 0. The van der Waals surface area contributed by atoms with E-state index in [4.69, 9.17) is 0 Å². The maximum absolute atomic E-state index is 13.8. The molecule has 0 unspecified atom stereocenters. The fourth-order valence-electron chi connectivity index (χ4n) is 1.87. The Morgan fingerprint density at radius 3 is 2.16 bits per heavy atom. The molecule has 0 aliphatic rings. The standard InChI is InChI=1S/C14H11F4N/c1-19-13-11(9-5-3-2-4-6-9)7-10(8-12(13)15)14(16,17)18/h2-8,19H,1H3. The van der Waals surface area contributed by atoms with Crippen molar-refractivity contribution in [2.75, 3.05) is 12.4 Å². The highest BCUT2D eigenvalue weighted by Crippen LogP contribution is 2.37. The lowest BCUT2D eigenvalue weighted by Gasteiger charge is -2.14. The van der Waals surface area contributed by atoms with Crippen molar-refractivity contribution in [1.82, 2.24) is 0 Å². The maximum Gasteiger partial charge on any atom is 0.416 e. The third-order valence-corrected chi connectivity index (χ3v) is 2.75. The van der Waals surface area contributed by atoms with E-state index in [2.05, 4.69) is 5.32 Å². The number of halogens is 4. The Labute approximate surface area is 107 Å². The predicted molar refractivity (Wildman–Crippen MR) is 66.4 cm³/mol. The van der Waals surface area contributed by atoms with E-state index >= 15 is 0 Å². The second kappa shape index (κ2) is 4.91. The van der Waals surface area contributed by atoms with E-state index < -0.39 is 17.6 Å². The van der Waals surface area contributed by atoms with Crippen LogP contribution in [0.2, 0.25) is 0 Å². The molecule has 5 heteroatoms. The second-order valence-electron chi connectivity index (χ2n) is 3.99. The lowest BCUT2D eigenvalue weighted by molar-refractivity contribution is -0.137. The van der Waals surface area contributed by atoms with E-state index in [1.165, 1.54) is 7.05 Å². The number of hydrogen-bond acceptors (Lipinski definition) is 1. The summed E-state index contributed by atoms with van der Waals surface area (Å²) in [7, 11) is 1.47. The minimum Gasteiger partial charge on any atom is -0.385 e. The third-order valence-electron chi connectivity index (χ3n) is 2.75. The van der Waals surface area contributed by atoms with Crippen molar-refractivity contribution in [3.63, 3.8) is 0 Å². The highest BCUT2D eigenvalue weighted by molar-refractivity contribution is 5.79. The van der Waals surface area contributed by atoms with Crippen LogP contribution in [0.25, 0.3) is 11.1 Å². The topological polar surface area (TPSA) is 12.0 Å². The van der Waals surface area contributed by atoms with Crippen molar-refractivity contribution in [2.24, 2.45) is 0 Å². The molecule has 0 bridgehead atoms. The summed E-state index contributed by atoms with van der Waals surface area (Å²) < 4.78 is 51.9. The van der Waals surface area contributed by atoms with Gasteiger partial charge in [-0.3, -0.25) is 0 Å². The van der Waals surface area contributed by atoms with Crippen LogP contribution in [-0.2, 0) is 6.18 Å². The molecule has 0 saturated carbocycles. The van der Waals surface area contributed by atoms with E-state index in [9.17, 15) is 17.6 Å². The Morgan fingerprint density at radius 1 is 1.00 bits per heavy atom. The molecule has 1 N–H and O–H groups in total. The average molecular weight is 269 g/mol. The summed E-state index contributed by atoms with van der Waals surface area (Å²) in [4.78, 5) is 0. The molecule has 0 aromatic heterocycles. The number of rotatable bonds is 2. The Balaban J connectivity index is 2.67. The summed E-state index contributed by atoms with van der Waals surface area (Å²) in [6.45, 7) is 0. The van der Waals surface area contributed by atoms with Gasteiger partial charge in [0.25, 0.3) is 0 Å². The fraction of sp³-hybridized carbons (Fsp3) is 0.143. The molecular formula is C14H11F4N. The largest absolute Gasteiger partial charge is 0.416 e. The van der Waals surface area contributed by atoms with Gasteiger partial charge in [0.2, 0.25) is 0 Å². The summed E-state index contributed by atoms with van der Waals surface area (Å²) in [5, 5.41) is 2.60. The third kappa shape index (κ3) is 2.70. The normalized spacial score (nSPS) is 11.4. The first-order valence-corrected chi connectivity index (χ1v) is 5.57. The number of alkyl halides is 3. The molecule has 0 amide bonds. The molecule has 1 nitrogen and oxygen atoms in total. The number of nitrogens with one attached hydrogen (secondary N) is 1. The molecule has 0 radical (unpaired) electrons. The molecule has 0 atom stereocenters. The lowest BCUT2D eigenvalue weighted by Crippen LogP contribution is -2.07. The van der Waals surface area contributed by atoms with Gasteiger partial charge >= 0.3 is 6.18 Å². The van der Waals surface area contributed by atoms with Gasteiger partial charge in [-0.15, -0.1) is 0 Å². The fourth-order valence-corrected chi connectivity index (χ4v) is 1.87. The van der Waals surface area contributed by atoms with E-state index in [1.54, 1.807) is 30.3 Å². The van der Waals surface area contributed by atoms with Crippen LogP contribution in [0.3, 0.4) is 0 Å². The van der Waals surface area contributed by atoms with E-state index in [0.29, 0.717) is 11.6 Å². The number of benzene rings is 2. The van der Waals surface area contributed by atoms with Gasteiger partial charge in [-0.2, -0.15) is 13.2 Å². The number of anilines is 1. The number of hydrogen-bond donors (Lipinski definition) is 1. The van der Waals surface area contributed by atoms with Gasteiger partial charge in [0.15, 0.2) is 0 Å². The van der Waals surface area contributed by atoms with Crippen molar-refractivity contribution in [3.8, 4) is 11.1 Å². The first-order valence-electron chi connectivity index (χ1n) is 5.57. The van der Waals surface area contributed by atoms with Crippen LogP contribution in [0.4, 0.5) is 23.2 Å². The van der Waals surface area contributed by atoms with Crippen LogP contribution in [0.1, 0.15) is 5.56 Å². The summed E-state index contributed by atoms with van der Waals surface area (Å²) in [6, 6.07) is 9.83. The van der Waals surface area contributed by atoms with Crippen LogP contribution >= 0.6 is 0 Å². The first kappa shape index (κ1) is 13.4. The van der Waals surface area contributed by atoms with Crippen LogP contribution < -0.4 is 5.32 Å². The van der Waals surface area contributed by atoms with Gasteiger partial charge < -0.3 is 5.32 Å². The van der Waals surface area contributed by atoms with Gasteiger partial charge in [-0.25, -0.2) is 4.39 Å². The van der Waals surface area contributed by atoms with Gasteiger partial charge in [0.05, 0.1) is 11.3 Å². The second-order valence-corrected chi connectivity index (χ2v) is 3.99. The quantitative estimate of drug-likeness (QED) is 0.788. The zero-order valence-corrected chi connectivity index (χ0v) is 10.1. The molecule has 100 valence electrons. The zero-order valence-electron chi connectivity index (χ0n) is 10.1. The highest BCUT2D eigenvalue weighted by Gasteiger charge is 2.32. The molecular weight excluding hydrogens is 258 g/mol. The van der Waals surface area contributed by atoms with Crippen LogP contribution in [0.15, 0.2) is 42.5 Å². The van der Waals surface area contributed by atoms with Crippen LogP contribution in [0, 0.1) is 5.82 Å². The smallest absolute Gasteiger partial charge is 0.385 e. The van der Waals surface area contributed by atoms with Gasteiger partial charge in [0.1, 0.15) is 5.82 Å². The lowest BCUT2D eigenvalue weighted by atomic mass is 10.00. The molecule has 19 heavy (non-hydrogen) atoms. The van der Waals surface area contributed by atoms with Crippen molar-refractivity contribution < 1.29 is 17.6 Å². The van der Waals surface area contributed by atoms with Crippen LogP contribution in [0.5, 0.6) is 0 Å². The first-order chi connectivity index (χ1) is 8.93. The molecule has 0 aliphatic carbocycles. The van der Waals surface area contributed by atoms with Crippen molar-refractivity contribution in [3.05, 3.63) is 53.8 Å². The van der Waals surface area contributed by atoms with E-state index in [1.807, 2.05) is 0 Å². The monoisotopic (exact) mass is 269 g/mol. The Hall–Kier alpha value is -2.04. The molecule has 2 aromatic rings. The van der Waals surface area contributed by atoms with Gasteiger partial charge in [-0.1, -0.05) is 30.3 Å². The Morgan fingerprint density at radius 2 is 1.63 bits per heavy atom. The molecule has 0 spiro atoms. The zero-order chi connectivity index (χ0) is 14.0. The van der Waals surface area contributed by atoms with Crippen molar-refractivity contribution >= 4 is 5.69 Å². The average Bonchev–Trinajstić information content (AvgIpc) is 2.37. The van der Waals surface area contributed by atoms with Crippen LogP contribution in [-0.4, -0.2) is 7.05 Å². The highest BCUT2D eigenvalue weighted by atomic mass is 19.4. The van der Waals surface area contributed by atoms with Gasteiger partial charge in [-0.05, 0) is 17.7 Å². The summed E-state index contributed by atoms with van der Waals surface area (Å²) in [6.07, 6.45) is -4.57. The van der Waals surface area contributed by atoms with E-state index in [-0.39, 0.29) is 11.3 Å². The minimum atomic E-state index is -4.57. The molecule has 0 aliphatic heterocycles. The Kier molecular flexibility index (Phi) is 3.46. The van der Waals surface area contributed by atoms with E-state index in [0.717, 1.165) is 6.07 Å². The summed E-state index contributed by atoms with van der Waals surface area (Å²) in [5.41, 5.74) is -0.227. The minimum absolute atomic E-state index is 0.0548. The van der Waals surface area contributed by atoms with Crippen molar-refractivity contribution in [1.29, 1.82) is 0 Å². The van der Waals surface area contributed by atoms with Crippen molar-refractivity contribution in [2.45, 2.75) is 6.18 Å². The molecule has 2 aromatic carbocycles.